The fourth-order valence-corrected chi connectivity index (χ4v) is 6.17. The number of nitrogens with one attached hydrogen (secondary N) is 1. The molecule has 7 nitrogen and oxygen atoms in total. The van der Waals surface area contributed by atoms with Crippen LogP contribution >= 0.6 is 11.3 Å². The van der Waals surface area contributed by atoms with Crippen LogP contribution in [0.3, 0.4) is 0 Å². The van der Waals surface area contributed by atoms with Crippen LogP contribution in [0.4, 0.5) is 0 Å². The van der Waals surface area contributed by atoms with Gasteiger partial charge in [0.1, 0.15) is 11.4 Å². The highest BCUT2D eigenvalue weighted by Crippen LogP contribution is 2.50. The molecule has 3 heterocycles. The zero-order valence-corrected chi connectivity index (χ0v) is 21.7. The molecule has 2 aromatic heterocycles. The third kappa shape index (κ3) is 4.76. The van der Waals surface area contributed by atoms with E-state index in [0.29, 0.717) is 29.8 Å². The number of rotatable bonds is 8. The summed E-state index contributed by atoms with van der Waals surface area (Å²) in [5.41, 5.74) is 4.23. The van der Waals surface area contributed by atoms with Gasteiger partial charge in [-0.2, -0.15) is 5.10 Å². The predicted molar refractivity (Wildman–Crippen MR) is 138 cm³/mol. The van der Waals surface area contributed by atoms with E-state index >= 15 is 0 Å². The maximum Gasteiger partial charge on any atom is 0.274 e. The molecule has 0 radical (unpaired) electrons. The van der Waals surface area contributed by atoms with Crippen molar-refractivity contribution in [3.05, 3.63) is 58.0 Å². The van der Waals surface area contributed by atoms with E-state index in [1.807, 2.05) is 37.1 Å². The number of carbonyl (C=O) groups excluding carboxylic acids is 2. The molecule has 1 N–H and O–H groups in total. The summed E-state index contributed by atoms with van der Waals surface area (Å²) in [5, 5.41) is 8.46. The Morgan fingerprint density at radius 1 is 1.23 bits per heavy atom. The highest BCUT2D eigenvalue weighted by atomic mass is 32.1. The number of unbranched alkanes of at least 4 members (excludes halogenated alkanes) is 1. The van der Waals surface area contributed by atoms with Crippen LogP contribution in [-0.4, -0.2) is 50.6 Å². The highest BCUT2D eigenvalue weighted by Gasteiger charge is 2.54. The number of thiazole rings is 1. The van der Waals surface area contributed by atoms with Crippen LogP contribution < -0.4 is 5.32 Å². The third-order valence-electron chi connectivity index (χ3n) is 7.20. The lowest BCUT2D eigenvalue weighted by atomic mass is 10.1. The number of likely N-dealkylation sites (tertiary alicyclic amines) is 1. The summed E-state index contributed by atoms with van der Waals surface area (Å²) >= 11 is 1.56. The van der Waals surface area contributed by atoms with Crippen molar-refractivity contribution in [3.8, 4) is 10.4 Å². The summed E-state index contributed by atoms with van der Waals surface area (Å²) in [6, 6.07) is 10.1. The Bertz CT molecular complexity index is 1260. The molecular formula is C27H33N5O2S. The van der Waals surface area contributed by atoms with E-state index in [-0.39, 0.29) is 17.9 Å². The maximum atomic E-state index is 13.7. The summed E-state index contributed by atoms with van der Waals surface area (Å²) in [6.45, 7) is 7.33. The fourth-order valence-electron chi connectivity index (χ4n) is 5.26. The Morgan fingerprint density at radius 2 is 2.06 bits per heavy atom. The molecule has 0 bridgehead atoms. The molecule has 184 valence electrons. The molecule has 2 fully saturated rings. The van der Waals surface area contributed by atoms with Crippen molar-refractivity contribution in [1.82, 2.24) is 25.0 Å². The minimum Gasteiger partial charge on any atom is -0.349 e. The zero-order valence-electron chi connectivity index (χ0n) is 20.9. The van der Waals surface area contributed by atoms with Crippen LogP contribution in [0.1, 0.15) is 63.4 Å². The number of aromatic nitrogens is 3. The molecule has 2 aliphatic rings. The maximum absolute atomic E-state index is 13.7. The van der Waals surface area contributed by atoms with Crippen LogP contribution in [0, 0.1) is 25.7 Å². The largest absolute Gasteiger partial charge is 0.349 e. The van der Waals surface area contributed by atoms with E-state index in [2.05, 4.69) is 41.4 Å². The zero-order chi connectivity index (χ0) is 24.7. The summed E-state index contributed by atoms with van der Waals surface area (Å²) in [4.78, 5) is 34.2. The minimum atomic E-state index is -0.135. The second-order valence-electron chi connectivity index (χ2n) is 9.92. The number of nitrogens with zero attached hydrogens (tertiary/aromatic N) is 4. The van der Waals surface area contributed by atoms with Gasteiger partial charge in [-0.25, -0.2) is 4.98 Å². The van der Waals surface area contributed by atoms with Crippen molar-refractivity contribution >= 4 is 23.2 Å². The summed E-state index contributed by atoms with van der Waals surface area (Å²) < 4.78 is 1.66. The molecule has 1 saturated carbocycles. The van der Waals surface area contributed by atoms with Crippen molar-refractivity contribution in [2.75, 3.05) is 13.1 Å². The van der Waals surface area contributed by atoms with Gasteiger partial charge in [0.05, 0.1) is 21.6 Å². The van der Waals surface area contributed by atoms with Gasteiger partial charge in [-0.3, -0.25) is 14.3 Å². The highest BCUT2D eigenvalue weighted by molar-refractivity contribution is 7.15. The van der Waals surface area contributed by atoms with Crippen molar-refractivity contribution in [1.29, 1.82) is 0 Å². The van der Waals surface area contributed by atoms with Gasteiger partial charge in [-0.1, -0.05) is 43.2 Å². The quantitative estimate of drug-likeness (QED) is 0.507. The topological polar surface area (TPSA) is 80.1 Å². The summed E-state index contributed by atoms with van der Waals surface area (Å²) in [5.74, 6) is 0.817. The van der Waals surface area contributed by atoms with Gasteiger partial charge in [0.15, 0.2) is 0 Å². The third-order valence-corrected chi connectivity index (χ3v) is 8.22. The standard InChI is InChI=1S/C27H33N5O2S/c1-5-6-10-20-13-22(31(4)30-20)26(33)28-14-23-21-12-19(21)15-32(23)27(34)24-25(35-17(3)29-24)18-9-7-8-16(2)11-18/h7-9,11,13,19,21,23H,5-6,10,12,14-15H2,1-4H3,(H,28,33)/t19-,21-,23-/m1/s1. The molecule has 1 aliphatic carbocycles. The number of amides is 2. The van der Waals surface area contributed by atoms with Gasteiger partial charge < -0.3 is 10.2 Å². The van der Waals surface area contributed by atoms with Crippen molar-refractivity contribution in [3.63, 3.8) is 0 Å². The molecule has 8 heteroatoms. The SMILES string of the molecule is CCCCc1cc(C(=O)NC[C@@H]2[C@@H]3C[C@@H]3CN2C(=O)c2nc(C)sc2-c2cccc(C)c2)n(C)n1. The van der Waals surface area contributed by atoms with Crippen molar-refractivity contribution in [2.45, 2.75) is 52.5 Å². The van der Waals surface area contributed by atoms with Crippen molar-refractivity contribution in [2.24, 2.45) is 18.9 Å². The van der Waals surface area contributed by atoms with Gasteiger partial charge in [-0.15, -0.1) is 11.3 Å². The molecule has 1 aromatic carbocycles. The molecule has 2 amide bonds. The first-order chi connectivity index (χ1) is 16.9. The number of hydrogen-bond acceptors (Lipinski definition) is 5. The second-order valence-corrected chi connectivity index (χ2v) is 11.1. The molecule has 0 spiro atoms. The van der Waals surface area contributed by atoms with Gasteiger partial charge in [0, 0.05) is 20.1 Å². The van der Waals surface area contributed by atoms with Crippen LogP contribution in [0.2, 0.25) is 0 Å². The van der Waals surface area contributed by atoms with Gasteiger partial charge in [0.25, 0.3) is 11.8 Å². The molecule has 0 unspecified atom stereocenters. The normalized spacial score (nSPS) is 20.7. The first-order valence-electron chi connectivity index (χ1n) is 12.5. The Kier molecular flexibility index (Phi) is 6.49. The van der Waals surface area contributed by atoms with Crippen LogP contribution in [-0.2, 0) is 13.5 Å². The van der Waals surface area contributed by atoms with E-state index < -0.39 is 0 Å². The lowest BCUT2D eigenvalue weighted by Gasteiger charge is -2.27. The van der Waals surface area contributed by atoms with Gasteiger partial charge in [0.2, 0.25) is 0 Å². The molecule has 35 heavy (non-hydrogen) atoms. The summed E-state index contributed by atoms with van der Waals surface area (Å²) in [6.07, 6.45) is 4.15. The first kappa shape index (κ1) is 23.7. The lowest BCUT2D eigenvalue weighted by Crippen LogP contribution is -2.46. The Balaban J connectivity index is 1.31. The Morgan fingerprint density at radius 3 is 2.83 bits per heavy atom. The second kappa shape index (κ2) is 9.57. The van der Waals surface area contributed by atoms with Crippen molar-refractivity contribution < 1.29 is 9.59 Å². The van der Waals surface area contributed by atoms with E-state index in [0.717, 1.165) is 58.9 Å². The smallest absolute Gasteiger partial charge is 0.274 e. The van der Waals surface area contributed by atoms with E-state index in [9.17, 15) is 9.59 Å². The first-order valence-corrected chi connectivity index (χ1v) is 13.3. The summed E-state index contributed by atoms with van der Waals surface area (Å²) in [7, 11) is 1.81. The number of aryl methyl sites for hydroxylation is 4. The molecule has 1 saturated heterocycles. The van der Waals surface area contributed by atoms with Crippen LogP contribution in [0.25, 0.3) is 10.4 Å². The minimum absolute atomic E-state index is 0.00314. The van der Waals surface area contributed by atoms with E-state index in [4.69, 9.17) is 0 Å². The molecule has 3 atom stereocenters. The monoisotopic (exact) mass is 491 g/mol. The van der Waals surface area contributed by atoms with Crippen LogP contribution in [0.15, 0.2) is 30.3 Å². The Labute approximate surface area is 210 Å². The van der Waals surface area contributed by atoms with Gasteiger partial charge in [-0.05, 0) is 56.6 Å². The molecule has 5 rings (SSSR count). The molecule has 3 aromatic rings. The Hall–Kier alpha value is -3.00. The number of piperidine rings is 1. The average Bonchev–Trinajstić information content (AvgIpc) is 3.14. The average molecular weight is 492 g/mol. The van der Waals surface area contributed by atoms with Gasteiger partial charge >= 0.3 is 0 Å². The predicted octanol–water partition coefficient (Wildman–Crippen LogP) is 4.39. The number of benzene rings is 1. The fraction of sp³-hybridized carbons (Fsp3) is 0.481. The number of hydrogen-bond donors (Lipinski definition) is 1. The number of carbonyl (C=O) groups is 2. The number of fused-ring (bicyclic) bond motifs is 1. The van der Waals surface area contributed by atoms with Crippen LogP contribution in [0.5, 0.6) is 0 Å². The molecule has 1 aliphatic heterocycles. The van der Waals surface area contributed by atoms with E-state index in [1.54, 1.807) is 16.0 Å². The molecular weight excluding hydrogens is 458 g/mol. The van der Waals surface area contributed by atoms with E-state index in [1.165, 1.54) is 0 Å². The lowest BCUT2D eigenvalue weighted by molar-refractivity contribution is 0.0690.